The predicted octanol–water partition coefficient (Wildman–Crippen LogP) is 2.95. The van der Waals surface area contributed by atoms with Crippen LogP contribution in [0.5, 0.6) is 0 Å². The molecule has 0 saturated heterocycles. The fourth-order valence-electron chi connectivity index (χ4n) is 1.28. The molecule has 0 unspecified atom stereocenters. The van der Waals surface area contributed by atoms with E-state index in [0.717, 1.165) is 6.04 Å². The third-order valence-electron chi connectivity index (χ3n) is 3.55. The van der Waals surface area contributed by atoms with Gasteiger partial charge in [0.25, 0.3) is 0 Å². The first-order valence-electron chi connectivity index (χ1n) is 5.11. The molecule has 0 atom stereocenters. The molecular weight excluding hydrogens is 146 g/mol. The minimum atomic E-state index is 0.262. The lowest BCUT2D eigenvalue weighted by molar-refractivity contribution is 0.133. The first kappa shape index (κ1) is 10.0. The topological polar surface area (TPSA) is 12.0 Å². The van der Waals surface area contributed by atoms with E-state index in [9.17, 15) is 0 Å². The molecule has 0 aromatic heterocycles. The Morgan fingerprint density at radius 3 is 1.75 bits per heavy atom. The molecule has 72 valence electrons. The molecule has 0 radical (unpaired) electrons. The first-order chi connectivity index (χ1) is 5.33. The zero-order valence-electron chi connectivity index (χ0n) is 9.20. The molecular formula is C11H23N. The van der Waals surface area contributed by atoms with Crippen LogP contribution in [0.25, 0.3) is 0 Å². The minimum absolute atomic E-state index is 0.262. The van der Waals surface area contributed by atoms with Crippen molar-refractivity contribution < 1.29 is 0 Å². The second-order valence-electron chi connectivity index (χ2n) is 5.65. The van der Waals surface area contributed by atoms with Gasteiger partial charge in [0.2, 0.25) is 0 Å². The molecule has 1 rings (SSSR count). The molecule has 1 heteroatoms. The molecule has 0 aromatic carbocycles. The largest absolute Gasteiger partial charge is 0.309 e. The number of hydrogen-bond donors (Lipinski definition) is 1. The van der Waals surface area contributed by atoms with Crippen molar-refractivity contribution in [3.8, 4) is 0 Å². The van der Waals surface area contributed by atoms with Crippen molar-refractivity contribution in [3.05, 3.63) is 0 Å². The van der Waals surface area contributed by atoms with Gasteiger partial charge in [-0.2, -0.15) is 0 Å². The Balaban J connectivity index is 2.46. The summed E-state index contributed by atoms with van der Waals surface area (Å²) in [6.45, 7) is 11.5. The van der Waals surface area contributed by atoms with Gasteiger partial charge in [-0.15, -0.1) is 0 Å². The van der Waals surface area contributed by atoms with Crippen LogP contribution in [0, 0.1) is 5.41 Å². The maximum absolute atomic E-state index is 3.73. The highest BCUT2D eigenvalue weighted by Gasteiger charge is 2.35. The lowest BCUT2D eigenvalue weighted by atomic mass is 9.74. The second kappa shape index (κ2) is 3.02. The predicted molar refractivity (Wildman–Crippen MR) is 54.3 cm³/mol. The molecule has 1 nitrogen and oxygen atoms in total. The van der Waals surface area contributed by atoms with Gasteiger partial charge in [-0.25, -0.2) is 0 Å². The summed E-state index contributed by atoms with van der Waals surface area (Å²) in [7, 11) is 0. The van der Waals surface area contributed by atoms with E-state index >= 15 is 0 Å². The van der Waals surface area contributed by atoms with Crippen molar-refractivity contribution in [1.82, 2.24) is 5.32 Å². The standard InChI is InChI=1S/C11H23N/c1-10(2,3)11(4,5)12-9-7-6-8-9/h9,12H,6-8H2,1-5H3. The lowest BCUT2D eigenvalue weighted by Gasteiger charge is -2.44. The summed E-state index contributed by atoms with van der Waals surface area (Å²) in [5.41, 5.74) is 0.612. The van der Waals surface area contributed by atoms with Crippen LogP contribution in [0.1, 0.15) is 53.9 Å². The Hall–Kier alpha value is -0.0400. The fraction of sp³-hybridized carbons (Fsp3) is 1.00. The normalized spacial score (nSPS) is 20.8. The maximum Gasteiger partial charge on any atom is 0.0176 e. The lowest BCUT2D eigenvalue weighted by Crippen LogP contribution is -2.55. The molecule has 0 spiro atoms. The molecule has 1 aliphatic rings. The Morgan fingerprint density at radius 2 is 1.50 bits per heavy atom. The number of nitrogens with one attached hydrogen (secondary N) is 1. The molecule has 0 amide bonds. The van der Waals surface area contributed by atoms with E-state index in [1.807, 2.05) is 0 Å². The van der Waals surface area contributed by atoms with Gasteiger partial charge in [-0.05, 0) is 32.1 Å². The van der Waals surface area contributed by atoms with Crippen molar-refractivity contribution in [1.29, 1.82) is 0 Å². The molecule has 0 heterocycles. The molecule has 1 aliphatic carbocycles. The molecule has 0 aromatic rings. The van der Waals surface area contributed by atoms with E-state index in [4.69, 9.17) is 0 Å². The van der Waals surface area contributed by atoms with E-state index in [-0.39, 0.29) is 5.54 Å². The van der Waals surface area contributed by atoms with Crippen molar-refractivity contribution in [2.24, 2.45) is 5.41 Å². The van der Waals surface area contributed by atoms with Crippen molar-refractivity contribution in [2.75, 3.05) is 0 Å². The quantitative estimate of drug-likeness (QED) is 0.670. The highest BCUT2D eigenvalue weighted by atomic mass is 15.0. The molecule has 1 fully saturated rings. The van der Waals surface area contributed by atoms with Crippen LogP contribution >= 0.6 is 0 Å². The molecule has 1 saturated carbocycles. The SMILES string of the molecule is CC(C)(C)C(C)(C)NC1CCC1. The van der Waals surface area contributed by atoms with Gasteiger partial charge in [0, 0.05) is 11.6 Å². The van der Waals surface area contributed by atoms with Gasteiger partial charge < -0.3 is 5.32 Å². The summed E-state index contributed by atoms with van der Waals surface area (Å²) >= 11 is 0. The van der Waals surface area contributed by atoms with E-state index < -0.39 is 0 Å². The third kappa shape index (κ3) is 2.01. The Morgan fingerprint density at radius 1 is 1.00 bits per heavy atom. The molecule has 1 N–H and O–H groups in total. The van der Waals surface area contributed by atoms with Crippen LogP contribution in [0.2, 0.25) is 0 Å². The molecule has 12 heavy (non-hydrogen) atoms. The summed E-state index contributed by atoms with van der Waals surface area (Å²) < 4.78 is 0. The van der Waals surface area contributed by atoms with Crippen LogP contribution in [0.3, 0.4) is 0 Å². The van der Waals surface area contributed by atoms with E-state index in [1.54, 1.807) is 0 Å². The smallest absolute Gasteiger partial charge is 0.0176 e. The monoisotopic (exact) mass is 169 g/mol. The van der Waals surface area contributed by atoms with Crippen LogP contribution in [0.4, 0.5) is 0 Å². The highest BCUT2D eigenvalue weighted by Crippen LogP contribution is 2.32. The average molecular weight is 169 g/mol. The Bertz CT molecular complexity index is 149. The fourth-order valence-corrected chi connectivity index (χ4v) is 1.28. The average Bonchev–Trinajstić information content (AvgIpc) is 1.76. The van der Waals surface area contributed by atoms with Gasteiger partial charge in [0.05, 0.1) is 0 Å². The summed E-state index contributed by atoms with van der Waals surface area (Å²) in [6.07, 6.45) is 4.16. The second-order valence-corrected chi connectivity index (χ2v) is 5.65. The van der Waals surface area contributed by atoms with Gasteiger partial charge in [0.15, 0.2) is 0 Å². The van der Waals surface area contributed by atoms with Crippen LogP contribution < -0.4 is 5.32 Å². The van der Waals surface area contributed by atoms with Crippen LogP contribution in [-0.4, -0.2) is 11.6 Å². The van der Waals surface area contributed by atoms with Gasteiger partial charge in [0.1, 0.15) is 0 Å². The van der Waals surface area contributed by atoms with Crippen molar-refractivity contribution in [3.63, 3.8) is 0 Å². The van der Waals surface area contributed by atoms with Gasteiger partial charge >= 0.3 is 0 Å². The number of rotatable bonds is 2. The van der Waals surface area contributed by atoms with Gasteiger partial charge in [-0.1, -0.05) is 27.2 Å². The van der Waals surface area contributed by atoms with E-state index in [0.29, 0.717) is 5.41 Å². The van der Waals surface area contributed by atoms with E-state index in [2.05, 4.69) is 39.9 Å². The highest BCUT2D eigenvalue weighted by molar-refractivity contribution is 4.94. The van der Waals surface area contributed by atoms with Crippen molar-refractivity contribution >= 4 is 0 Å². The van der Waals surface area contributed by atoms with Gasteiger partial charge in [-0.3, -0.25) is 0 Å². The zero-order chi connectivity index (χ0) is 9.41. The van der Waals surface area contributed by atoms with Crippen LogP contribution in [0.15, 0.2) is 0 Å². The Kier molecular flexibility index (Phi) is 2.53. The zero-order valence-corrected chi connectivity index (χ0v) is 9.20. The first-order valence-corrected chi connectivity index (χ1v) is 5.11. The van der Waals surface area contributed by atoms with Crippen LogP contribution in [-0.2, 0) is 0 Å². The molecule has 0 bridgehead atoms. The minimum Gasteiger partial charge on any atom is -0.309 e. The van der Waals surface area contributed by atoms with E-state index in [1.165, 1.54) is 19.3 Å². The summed E-state index contributed by atoms with van der Waals surface area (Å²) in [5, 5.41) is 3.73. The summed E-state index contributed by atoms with van der Waals surface area (Å²) in [4.78, 5) is 0. The third-order valence-corrected chi connectivity index (χ3v) is 3.55. The summed E-state index contributed by atoms with van der Waals surface area (Å²) in [6, 6.07) is 0.791. The molecule has 0 aliphatic heterocycles. The number of hydrogen-bond acceptors (Lipinski definition) is 1. The summed E-state index contributed by atoms with van der Waals surface area (Å²) in [5.74, 6) is 0. The van der Waals surface area contributed by atoms with Crippen molar-refractivity contribution in [2.45, 2.75) is 65.5 Å². The maximum atomic E-state index is 3.73. The Labute approximate surface area is 76.9 Å².